The number of hydrogen-bond donors (Lipinski definition) is 1. The third-order valence-corrected chi connectivity index (χ3v) is 3.58. The van der Waals surface area contributed by atoms with E-state index < -0.39 is 0 Å². The van der Waals surface area contributed by atoms with Gasteiger partial charge in [-0.25, -0.2) is 0 Å². The summed E-state index contributed by atoms with van der Waals surface area (Å²) in [7, 11) is 2.15. The number of likely N-dealkylation sites (tertiary alicyclic amines) is 1. The lowest BCUT2D eigenvalue weighted by Gasteiger charge is -2.18. The molecule has 1 saturated heterocycles. The van der Waals surface area contributed by atoms with E-state index in [-0.39, 0.29) is 0 Å². The average molecular weight is 254 g/mol. The van der Waals surface area contributed by atoms with Crippen LogP contribution in [0, 0.1) is 22.7 Å². The third kappa shape index (κ3) is 3.47. The minimum atomic E-state index is 0.439. The Morgan fingerprint density at radius 1 is 1.16 bits per heavy atom. The van der Waals surface area contributed by atoms with Crippen LogP contribution in [0.15, 0.2) is 18.2 Å². The predicted molar refractivity (Wildman–Crippen MR) is 74.6 cm³/mol. The Morgan fingerprint density at radius 3 is 2.68 bits per heavy atom. The number of nitrogens with zero attached hydrogens (tertiary/aromatic N) is 3. The largest absolute Gasteiger partial charge is 0.382 e. The molecule has 0 aromatic heterocycles. The number of rotatable bonds is 2. The van der Waals surface area contributed by atoms with Crippen molar-refractivity contribution in [1.29, 1.82) is 10.5 Å². The molecule has 1 heterocycles. The van der Waals surface area contributed by atoms with Gasteiger partial charge in [-0.15, -0.1) is 0 Å². The zero-order valence-corrected chi connectivity index (χ0v) is 11.2. The van der Waals surface area contributed by atoms with Gasteiger partial charge in [0.2, 0.25) is 0 Å². The Morgan fingerprint density at radius 2 is 1.95 bits per heavy atom. The average Bonchev–Trinajstić information content (AvgIpc) is 2.63. The summed E-state index contributed by atoms with van der Waals surface area (Å²) in [5.41, 5.74) is 1.82. The molecule has 1 unspecified atom stereocenters. The molecule has 1 fully saturated rings. The molecular weight excluding hydrogens is 236 g/mol. The normalized spacial score (nSPS) is 20.1. The highest BCUT2D eigenvalue weighted by molar-refractivity contribution is 5.56. The summed E-state index contributed by atoms with van der Waals surface area (Å²) in [6.45, 7) is 2.24. The maximum absolute atomic E-state index is 9.02. The van der Waals surface area contributed by atoms with Crippen LogP contribution in [0.25, 0.3) is 0 Å². The lowest BCUT2D eigenvalue weighted by Crippen LogP contribution is -2.23. The van der Waals surface area contributed by atoms with E-state index in [9.17, 15) is 0 Å². The van der Waals surface area contributed by atoms with Crippen LogP contribution in [-0.4, -0.2) is 31.1 Å². The van der Waals surface area contributed by atoms with E-state index in [0.29, 0.717) is 17.2 Å². The van der Waals surface area contributed by atoms with Crippen LogP contribution < -0.4 is 5.32 Å². The van der Waals surface area contributed by atoms with Crippen LogP contribution in [0.4, 0.5) is 5.69 Å². The lowest BCUT2D eigenvalue weighted by atomic mass is 10.1. The fourth-order valence-corrected chi connectivity index (χ4v) is 2.44. The minimum absolute atomic E-state index is 0.439. The zero-order valence-electron chi connectivity index (χ0n) is 11.2. The van der Waals surface area contributed by atoms with Gasteiger partial charge in [-0.3, -0.25) is 0 Å². The molecule has 1 aliphatic heterocycles. The van der Waals surface area contributed by atoms with Gasteiger partial charge in [0.05, 0.1) is 11.1 Å². The van der Waals surface area contributed by atoms with Crippen molar-refractivity contribution in [2.45, 2.75) is 25.3 Å². The molecule has 0 radical (unpaired) electrons. The summed E-state index contributed by atoms with van der Waals surface area (Å²) < 4.78 is 0. The number of benzene rings is 1. The van der Waals surface area contributed by atoms with Gasteiger partial charge in [0.15, 0.2) is 0 Å². The molecule has 1 aromatic carbocycles. The van der Waals surface area contributed by atoms with Crippen molar-refractivity contribution in [3.8, 4) is 12.1 Å². The molecule has 0 aliphatic carbocycles. The maximum atomic E-state index is 9.02. The van der Waals surface area contributed by atoms with E-state index >= 15 is 0 Å². The Kier molecular flexibility index (Phi) is 4.39. The SMILES string of the molecule is CN1CCCC(Nc2ccc(C#N)c(C#N)c2)CC1. The highest BCUT2D eigenvalue weighted by atomic mass is 15.1. The molecule has 0 spiro atoms. The second-order valence-corrected chi connectivity index (χ2v) is 5.06. The van der Waals surface area contributed by atoms with Crippen LogP contribution in [0.1, 0.15) is 30.4 Å². The smallest absolute Gasteiger partial charge is 0.101 e. The van der Waals surface area contributed by atoms with Crippen molar-refractivity contribution in [3.63, 3.8) is 0 Å². The van der Waals surface area contributed by atoms with Crippen LogP contribution >= 0.6 is 0 Å². The highest BCUT2D eigenvalue weighted by Crippen LogP contribution is 2.19. The first-order valence-electron chi connectivity index (χ1n) is 6.62. The van der Waals surface area contributed by atoms with Crippen LogP contribution in [0.2, 0.25) is 0 Å². The van der Waals surface area contributed by atoms with Gasteiger partial charge in [-0.1, -0.05) is 0 Å². The number of nitrogens with one attached hydrogen (secondary N) is 1. The van der Waals surface area contributed by atoms with Gasteiger partial charge in [0.25, 0.3) is 0 Å². The fraction of sp³-hybridized carbons (Fsp3) is 0.467. The summed E-state index contributed by atoms with van der Waals surface area (Å²) >= 11 is 0. The van der Waals surface area contributed by atoms with E-state index in [4.69, 9.17) is 10.5 Å². The van der Waals surface area contributed by atoms with Crippen molar-refractivity contribution in [1.82, 2.24) is 4.90 Å². The quantitative estimate of drug-likeness (QED) is 0.879. The fourth-order valence-electron chi connectivity index (χ4n) is 2.44. The molecule has 19 heavy (non-hydrogen) atoms. The Labute approximate surface area is 114 Å². The van der Waals surface area contributed by atoms with Crippen molar-refractivity contribution < 1.29 is 0 Å². The molecule has 1 aliphatic rings. The first-order chi connectivity index (χ1) is 9.22. The van der Waals surface area contributed by atoms with Crippen LogP contribution in [0.3, 0.4) is 0 Å². The summed E-state index contributed by atoms with van der Waals surface area (Å²) in [6, 6.07) is 9.92. The summed E-state index contributed by atoms with van der Waals surface area (Å²) in [5, 5.41) is 21.4. The topological polar surface area (TPSA) is 62.9 Å². The van der Waals surface area contributed by atoms with Gasteiger partial charge >= 0.3 is 0 Å². The Hall–Kier alpha value is -2.04. The van der Waals surface area contributed by atoms with Crippen LogP contribution in [-0.2, 0) is 0 Å². The number of nitriles is 2. The summed E-state index contributed by atoms with van der Waals surface area (Å²) in [6.07, 6.45) is 3.44. The number of hydrogen-bond acceptors (Lipinski definition) is 4. The summed E-state index contributed by atoms with van der Waals surface area (Å²) in [5.74, 6) is 0. The molecule has 1 atom stereocenters. The maximum Gasteiger partial charge on any atom is 0.101 e. The van der Waals surface area contributed by atoms with E-state index in [0.717, 1.165) is 31.6 Å². The monoisotopic (exact) mass is 254 g/mol. The van der Waals surface area contributed by atoms with Gasteiger partial charge in [-0.05, 0) is 57.6 Å². The van der Waals surface area contributed by atoms with E-state index in [2.05, 4.69) is 23.3 Å². The molecule has 4 nitrogen and oxygen atoms in total. The van der Waals surface area contributed by atoms with Crippen molar-refractivity contribution in [3.05, 3.63) is 29.3 Å². The first kappa shape index (κ1) is 13.4. The van der Waals surface area contributed by atoms with Gasteiger partial charge < -0.3 is 10.2 Å². The second kappa shape index (κ2) is 6.22. The van der Waals surface area contributed by atoms with Gasteiger partial charge in [0.1, 0.15) is 12.1 Å². The van der Waals surface area contributed by atoms with Crippen LogP contribution in [0.5, 0.6) is 0 Å². The third-order valence-electron chi connectivity index (χ3n) is 3.58. The van der Waals surface area contributed by atoms with E-state index in [1.165, 1.54) is 6.42 Å². The Bertz CT molecular complexity index is 524. The molecule has 2 rings (SSSR count). The van der Waals surface area contributed by atoms with Crippen molar-refractivity contribution in [2.24, 2.45) is 0 Å². The highest BCUT2D eigenvalue weighted by Gasteiger charge is 2.15. The minimum Gasteiger partial charge on any atom is -0.382 e. The first-order valence-corrected chi connectivity index (χ1v) is 6.62. The molecule has 0 bridgehead atoms. The zero-order chi connectivity index (χ0) is 13.7. The van der Waals surface area contributed by atoms with Crippen molar-refractivity contribution in [2.75, 3.05) is 25.5 Å². The lowest BCUT2D eigenvalue weighted by molar-refractivity contribution is 0.348. The number of anilines is 1. The van der Waals surface area contributed by atoms with Crippen molar-refractivity contribution >= 4 is 5.69 Å². The van der Waals surface area contributed by atoms with Gasteiger partial charge in [0, 0.05) is 11.7 Å². The predicted octanol–water partition coefficient (Wildman–Crippen LogP) is 2.33. The van der Waals surface area contributed by atoms with E-state index in [1.54, 1.807) is 12.1 Å². The summed E-state index contributed by atoms with van der Waals surface area (Å²) in [4.78, 5) is 2.35. The molecule has 98 valence electrons. The molecule has 1 N–H and O–H groups in total. The van der Waals surface area contributed by atoms with Gasteiger partial charge in [-0.2, -0.15) is 10.5 Å². The van der Waals surface area contributed by atoms with E-state index in [1.807, 2.05) is 12.1 Å². The molecule has 1 aromatic rings. The standard InChI is InChI=1S/C15H18N4/c1-19-7-2-3-14(6-8-19)18-15-5-4-12(10-16)13(9-15)11-17/h4-5,9,14,18H,2-3,6-8H2,1H3. The molecule has 4 heteroatoms. The molecule has 0 amide bonds. The molecular formula is C15H18N4. The Balaban J connectivity index is 2.07. The molecule has 0 saturated carbocycles. The second-order valence-electron chi connectivity index (χ2n) is 5.06.